The van der Waals surface area contributed by atoms with Crippen molar-refractivity contribution in [1.82, 2.24) is 0 Å². The molecule has 2 aromatic rings. The van der Waals surface area contributed by atoms with Crippen LogP contribution in [-0.4, -0.2) is 20.2 Å². The Morgan fingerprint density at radius 1 is 1.19 bits per heavy atom. The largest absolute Gasteiger partial charge is 0.496 e. The van der Waals surface area contributed by atoms with Crippen molar-refractivity contribution in [3.63, 3.8) is 0 Å². The molecule has 0 unspecified atom stereocenters. The fourth-order valence-corrected chi connectivity index (χ4v) is 4.78. The van der Waals surface area contributed by atoms with Crippen molar-refractivity contribution < 1.29 is 14.3 Å². The average Bonchev–Trinajstić information content (AvgIpc) is 3.17. The first-order valence-corrected chi connectivity index (χ1v) is 9.83. The smallest absolute Gasteiger partial charge is 0.338 e. The van der Waals surface area contributed by atoms with Crippen LogP contribution in [0.1, 0.15) is 45.4 Å². The Morgan fingerprint density at radius 2 is 2.00 bits per heavy atom. The van der Waals surface area contributed by atoms with Gasteiger partial charge in [-0.15, -0.1) is 0 Å². The maximum absolute atomic E-state index is 12.2. The van der Waals surface area contributed by atoms with E-state index in [2.05, 4.69) is 45.5 Å². The molecule has 140 valence electrons. The highest BCUT2D eigenvalue weighted by Gasteiger charge is 2.40. The van der Waals surface area contributed by atoms with Gasteiger partial charge in [0.15, 0.2) is 0 Å². The summed E-state index contributed by atoms with van der Waals surface area (Å²) in [5, 5.41) is 3.73. The predicted octanol–water partition coefficient (Wildman–Crippen LogP) is 5.38. The van der Waals surface area contributed by atoms with Gasteiger partial charge in [-0.3, -0.25) is 0 Å². The number of nitrogens with one attached hydrogen (secondary N) is 1. The quantitative estimate of drug-likeness (QED) is 0.527. The standard InChI is InChI=1S/C22H22BrNO3/c1-12-14(22(25)27-3)8-9-17-15-5-4-6-16(15)21(24-20(12)17)18-11-13(23)7-10-19(18)26-2/h4-5,7-11,15-16,21,24H,6H2,1-3H3/t15-,16-,21+/m1/s1. The molecular weight excluding hydrogens is 406 g/mol. The van der Waals surface area contributed by atoms with Crippen LogP contribution in [-0.2, 0) is 4.74 Å². The first-order valence-electron chi connectivity index (χ1n) is 9.03. The van der Waals surface area contributed by atoms with Gasteiger partial charge < -0.3 is 14.8 Å². The molecule has 3 atom stereocenters. The molecular formula is C22H22BrNO3. The number of fused-ring (bicyclic) bond motifs is 3. The highest BCUT2D eigenvalue weighted by Crippen LogP contribution is 2.52. The number of esters is 1. The lowest BCUT2D eigenvalue weighted by Crippen LogP contribution is -2.30. The van der Waals surface area contributed by atoms with E-state index in [9.17, 15) is 4.79 Å². The predicted molar refractivity (Wildman–Crippen MR) is 110 cm³/mol. The molecule has 5 heteroatoms. The SMILES string of the molecule is COC(=O)c1ccc2c(c1C)N[C@H](c1cc(Br)ccc1OC)[C@@H]1CC=C[C@@H]21. The van der Waals surface area contributed by atoms with Crippen molar-refractivity contribution in [2.24, 2.45) is 5.92 Å². The Bertz CT molecular complexity index is 937. The van der Waals surface area contributed by atoms with Crippen LogP contribution in [0.3, 0.4) is 0 Å². The average molecular weight is 428 g/mol. The van der Waals surface area contributed by atoms with E-state index in [0.29, 0.717) is 17.4 Å². The molecule has 27 heavy (non-hydrogen) atoms. The van der Waals surface area contributed by atoms with Gasteiger partial charge in [0, 0.05) is 21.6 Å². The first-order chi connectivity index (χ1) is 13.0. The van der Waals surface area contributed by atoms with Crippen LogP contribution in [0.2, 0.25) is 0 Å². The second-order valence-corrected chi connectivity index (χ2v) is 7.97. The normalized spacial score (nSPS) is 22.6. The van der Waals surface area contributed by atoms with Crippen LogP contribution in [0.4, 0.5) is 5.69 Å². The van der Waals surface area contributed by atoms with Gasteiger partial charge >= 0.3 is 5.97 Å². The van der Waals surface area contributed by atoms with E-state index in [0.717, 1.165) is 33.5 Å². The summed E-state index contributed by atoms with van der Waals surface area (Å²) in [7, 11) is 3.12. The van der Waals surface area contributed by atoms with Crippen molar-refractivity contribution in [2.45, 2.75) is 25.3 Å². The molecule has 0 aromatic heterocycles. The number of benzene rings is 2. The summed E-state index contributed by atoms with van der Waals surface area (Å²) >= 11 is 3.59. The van der Waals surface area contributed by atoms with Crippen LogP contribution in [0.25, 0.3) is 0 Å². The number of ether oxygens (including phenoxy) is 2. The van der Waals surface area contributed by atoms with E-state index in [4.69, 9.17) is 9.47 Å². The maximum atomic E-state index is 12.2. The molecule has 1 aliphatic heterocycles. The summed E-state index contributed by atoms with van der Waals surface area (Å²) in [6, 6.07) is 10.1. The van der Waals surface area contributed by atoms with Gasteiger partial charge in [0.2, 0.25) is 0 Å². The second kappa shape index (κ2) is 7.04. The Morgan fingerprint density at radius 3 is 2.74 bits per heavy atom. The number of anilines is 1. The fourth-order valence-electron chi connectivity index (χ4n) is 4.40. The van der Waals surface area contributed by atoms with Crippen molar-refractivity contribution in [3.05, 3.63) is 69.2 Å². The molecule has 2 aliphatic rings. The van der Waals surface area contributed by atoms with E-state index >= 15 is 0 Å². The molecule has 0 spiro atoms. The lowest BCUT2D eigenvalue weighted by atomic mass is 9.75. The molecule has 1 N–H and O–H groups in total. The van der Waals surface area contributed by atoms with Crippen molar-refractivity contribution in [1.29, 1.82) is 0 Å². The molecule has 1 aliphatic carbocycles. The lowest BCUT2D eigenvalue weighted by molar-refractivity contribution is 0.0600. The van der Waals surface area contributed by atoms with E-state index in [-0.39, 0.29) is 12.0 Å². The molecule has 0 saturated carbocycles. The highest BCUT2D eigenvalue weighted by atomic mass is 79.9. The number of hydrogen-bond acceptors (Lipinski definition) is 4. The lowest BCUT2D eigenvalue weighted by Gasteiger charge is -2.39. The van der Waals surface area contributed by atoms with E-state index in [1.54, 1.807) is 7.11 Å². The van der Waals surface area contributed by atoms with Gasteiger partial charge in [-0.2, -0.15) is 0 Å². The molecule has 0 saturated heterocycles. The Hall–Kier alpha value is -2.27. The van der Waals surface area contributed by atoms with Crippen LogP contribution < -0.4 is 10.1 Å². The van der Waals surface area contributed by atoms with Gasteiger partial charge in [0.25, 0.3) is 0 Å². The topological polar surface area (TPSA) is 47.6 Å². The molecule has 0 bridgehead atoms. The van der Waals surface area contributed by atoms with Gasteiger partial charge in [-0.25, -0.2) is 4.79 Å². The minimum atomic E-state index is -0.308. The van der Waals surface area contributed by atoms with Crippen molar-refractivity contribution >= 4 is 27.6 Å². The number of halogens is 1. The summed E-state index contributed by atoms with van der Waals surface area (Å²) in [4.78, 5) is 12.2. The second-order valence-electron chi connectivity index (χ2n) is 7.06. The third-order valence-corrected chi connectivity index (χ3v) is 6.22. The summed E-state index contributed by atoms with van der Waals surface area (Å²) in [5.74, 6) is 1.29. The summed E-state index contributed by atoms with van der Waals surface area (Å²) in [6.07, 6.45) is 5.56. The van der Waals surface area contributed by atoms with Crippen LogP contribution in [0.15, 0.2) is 47.0 Å². The highest BCUT2D eigenvalue weighted by molar-refractivity contribution is 9.10. The number of carbonyl (C=O) groups excluding carboxylic acids is 1. The number of methoxy groups -OCH3 is 2. The molecule has 0 amide bonds. The number of allylic oxidation sites excluding steroid dienone is 2. The molecule has 0 fully saturated rings. The first kappa shape index (κ1) is 18.1. The Labute approximate surface area is 167 Å². The molecule has 0 radical (unpaired) electrons. The fraction of sp³-hybridized carbons (Fsp3) is 0.318. The number of hydrogen-bond donors (Lipinski definition) is 1. The Kier molecular flexibility index (Phi) is 4.72. The molecule has 2 aromatic carbocycles. The zero-order valence-corrected chi connectivity index (χ0v) is 17.2. The zero-order valence-electron chi connectivity index (χ0n) is 15.6. The van der Waals surface area contributed by atoms with Crippen molar-refractivity contribution in [2.75, 3.05) is 19.5 Å². The van der Waals surface area contributed by atoms with Crippen LogP contribution in [0, 0.1) is 12.8 Å². The van der Waals surface area contributed by atoms with Gasteiger partial charge in [-0.1, -0.05) is 34.1 Å². The van der Waals surface area contributed by atoms with Gasteiger partial charge in [-0.05, 0) is 54.7 Å². The number of carbonyl (C=O) groups is 1. The molecule has 4 rings (SSSR count). The van der Waals surface area contributed by atoms with Gasteiger partial charge in [0.05, 0.1) is 25.8 Å². The van der Waals surface area contributed by atoms with E-state index in [1.807, 2.05) is 25.1 Å². The van der Waals surface area contributed by atoms with E-state index < -0.39 is 0 Å². The van der Waals surface area contributed by atoms with Crippen LogP contribution in [0.5, 0.6) is 5.75 Å². The zero-order chi connectivity index (χ0) is 19.1. The third kappa shape index (κ3) is 2.94. The third-order valence-electron chi connectivity index (χ3n) is 5.73. The monoisotopic (exact) mass is 427 g/mol. The number of rotatable bonds is 3. The Balaban J connectivity index is 1.85. The summed E-state index contributed by atoms with van der Waals surface area (Å²) in [6.45, 7) is 1.98. The van der Waals surface area contributed by atoms with Crippen LogP contribution >= 0.6 is 15.9 Å². The van der Waals surface area contributed by atoms with Gasteiger partial charge in [0.1, 0.15) is 5.75 Å². The molecule has 1 heterocycles. The minimum Gasteiger partial charge on any atom is -0.496 e. The van der Waals surface area contributed by atoms with E-state index in [1.165, 1.54) is 12.7 Å². The maximum Gasteiger partial charge on any atom is 0.338 e. The minimum absolute atomic E-state index is 0.0940. The molecule has 4 nitrogen and oxygen atoms in total. The van der Waals surface area contributed by atoms with Crippen molar-refractivity contribution in [3.8, 4) is 5.75 Å². The summed E-state index contributed by atoms with van der Waals surface area (Å²) < 4.78 is 11.6. The summed E-state index contributed by atoms with van der Waals surface area (Å²) in [5.41, 5.74) is 4.92.